The molecule has 3 nitrogen and oxygen atoms in total. The number of benzene rings is 2. The van der Waals surface area contributed by atoms with Crippen molar-refractivity contribution in [3.63, 3.8) is 0 Å². The van der Waals surface area contributed by atoms with Crippen molar-refractivity contribution in [2.45, 2.75) is 19.4 Å². The molecule has 0 heterocycles. The zero-order chi connectivity index (χ0) is 14.4. The molecule has 0 aliphatic carbocycles. The summed E-state index contributed by atoms with van der Waals surface area (Å²) in [6.45, 7) is 2.64. The fraction of sp³-hybridized carbons (Fsp3) is 0.250. The third kappa shape index (κ3) is 3.97. The van der Waals surface area contributed by atoms with E-state index in [0.29, 0.717) is 6.61 Å². The van der Waals surface area contributed by atoms with E-state index in [2.05, 4.69) is 5.43 Å². The summed E-state index contributed by atoms with van der Waals surface area (Å²) in [5.41, 5.74) is 5.18. The average molecular weight is 291 g/mol. The zero-order valence-electron chi connectivity index (χ0n) is 11.5. The second kappa shape index (κ2) is 7.29. The van der Waals surface area contributed by atoms with Gasteiger partial charge in [-0.15, -0.1) is 0 Å². The molecule has 2 aromatic rings. The number of rotatable bonds is 6. The van der Waals surface area contributed by atoms with E-state index in [-0.39, 0.29) is 6.04 Å². The van der Waals surface area contributed by atoms with Gasteiger partial charge in [0.05, 0.1) is 6.61 Å². The van der Waals surface area contributed by atoms with Gasteiger partial charge < -0.3 is 4.74 Å². The molecule has 0 fully saturated rings. The lowest BCUT2D eigenvalue weighted by Crippen LogP contribution is -2.29. The van der Waals surface area contributed by atoms with Crippen LogP contribution in [-0.4, -0.2) is 6.61 Å². The highest BCUT2D eigenvalue weighted by Crippen LogP contribution is 2.21. The van der Waals surface area contributed by atoms with E-state index in [1.807, 2.05) is 55.5 Å². The fourth-order valence-corrected chi connectivity index (χ4v) is 2.22. The first-order valence-electron chi connectivity index (χ1n) is 6.66. The van der Waals surface area contributed by atoms with Crippen LogP contribution >= 0.6 is 11.6 Å². The minimum Gasteiger partial charge on any atom is -0.494 e. The second-order valence-electron chi connectivity index (χ2n) is 4.55. The molecule has 1 unspecified atom stereocenters. The number of nitrogens with one attached hydrogen (secondary N) is 1. The first-order chi connectivity index (χ1) is 9.72. The van der Waals surface area contributed by atoms with E-state index >= 15 is 0 Å². The molecule has 106 valence electrons. The number of halogens is 1. The van der Waals surface area contributed by atoms with Crippen LogP contribution in [-0.2, 0) is 6.42 Å². The van der Waals surface area contributed by atoms with E-state index in [4.69, 9.17) is 22.2 Å². The molecule has 2 rings (SSSR count). The van der Waals surface area contributed by atoms with Crippen LogP contribution in [0.25, 0.3) is 0 Å². The Hall–Kier alpha value is -1.55. The number of ether oxygens (including phenoxy) is 1. The molecule has 0 aromatic heterocycles. The van der Waals surface area contributed by atoms with Crippen molar-refractivity contribution in [1.82, 2.24) is 5.43 Å². The van der Waals surface area contributed by atoms with Gasteiger partial charge in [-0.2, -0.15) is 0 Å². The third-order valence-corrected chi connectivity index (χ3v) is 3.40. The highest BCUT2D eigenvalue weighted by Gasteiger charge is 2.10. The lowest BCUT2D eigenvalue weighted by Gasteiger charge is -2.17. The number of hydrogen-bond donors (Lipinski definition) is 2. The lowest BCUT2D eigenvalue weighted by atomic mass is 9.99. The van der Waals surface area contributed by atoms with E-state index in [1.165, 1.54) is 5.56 Å². The summed E-state index contributed by atoms with van der Waals surface area (Å²) >= 11 is 5.89. The molecular formula is C16H19ClN2O. The van der Waals surface area contributed by atoms with Crippen LogP contribution in [0.1, 0.15) is 24.1 Å². The monoisotopic (exact) mass is 290 g/mol. The fourth-order valence-electron chi connectivity index (χ4n) is 2.09. The third-order valence-electron chi connectivity index (χ3n) is 3.15. The van der Waals surface area contributed by atoms with Gasteiger partial charge in [0.15, 0.2) is 0 Å². The predicted molar refractivity (Wildman–Crippen MR) is 82.8 cm³/mol. The molecule has 0 spiro atoms. The van der Waals surface area contributed by atoms with Gasteiger partial charge in [0.2, 0.25) is 0 Å². The van der Waals surface area contributed by atoms with E-state index in [1.54, 1.807) is 0 Å². The van der Waals surface area contributed by atoms with Crippen LogP contribution < -0.4 is 16.0 Å². The number of hydrazine groups is 1. The Balaban J connectivity index is 2.09. The summed E-state index contributed by atoms with van der Waals surface area (Å²) in [7, 11) is 0. The molecule has 0 saturated heterocycles. The van der Waals surface area contributed by atoms with Crippen LogP contribution in [0.4, 0.5) is 0 Å². The zero-order valence-corrected chi connectivity index (χ0v) is 12.2. The summed E-state index contributed by atoms with van der Waals surface area (Å²) in [6.07, 6.45) is 0.807. The van der Waals surface area contributed by atoms with Crippen molar-refractivity contribution in [3.05, 3.63) is 64.7 Å². The largest absolute Gasteiger partial charge is 0.494 e. The molecule has 4 heteroatoms. The van der Waals surface area contributed by atoms with Gasteiger partial charge in [0, 0.05) is 11.1 Å². The molecular weight excluding hydrogens is 272 g/mol. The molecule has 0 aliphatic rings. The van der Waals surface area contributed by atoms with Crippen LogP contribution in [0.15, 0.2) is 48.5 Å². The average Bonchev–Trinajstić information content (AvgIpc) is 2.48. The first-order valence-corrected chi connectivity index (χ1v) is 7.04. The Morgan fingerprint density at radius 3 is 2.30 bits per heavy atom. The minimum atomic E-state index is 0.0619. The maximum atomic E-state index is 5.89. The molecule has 20 heavy (non-hydrogen) atoms. The second-order valence-corrected chi connectivity index (χ2v) is 4.99. The smallest absolute Gasteiger partial charge is 0.119 e. The Morgan fingerprint density at radius 1 is 1.10 bits per heavy atom. The Kier molecular flexibility index (Phi) is 5.41. The van der Waals surface area contributed by atoms with Gasteiger partial charge in [-0.3, -0.25) is 11.3 Å². The van der Waals surface area contributed by atoms with E-state index in [9.17, 15) is 0 Å². The van der Waals surface area contributed by atoms with Crippen LogP contribution in [0.2, 0.25) is 5.02 Å². The maximum Gasteiger partial charge on any atom is 0.119 e. The van der Waals surface area contributed by atoms with Crippen LogP contribution in [0.3, 0.4) is 0 Å². The van der Waals surface area contributed by atoms with Gasteiger partial charge in [0.1, 0.15) is 5.75 Å². The van der Waals surface area contributed by atoms with Gasteiger partial charge in [-0.1, -0.05) is 35.9 Å². The first kappa shape index (κ1) is 14.9. The van der Waals surface area contributed by atoms with Gasteiger partial charge in [-0.25, -0.2) is 0 Å². The Labute approximate surface area is 124 Å². The predicted octanol–water partition coefficient (Wildman–Crippen LogP) is 3.49. The summed E-state index contributed by atoms with van der Waals surface area (Å²) in [6, 6.07) is 15.9. The van der Waals surface area contributed by atoms with Gasteiger partial charge >= 0.3 is 0 Å². The van der Waals surface area contributed by atoms with Gasteiger partial charge in [0.25, 0.3) is 0 Å². The lowest BCUT2D eigenvalue weighted by molar-refractivity contribution is 0.340. The van der Waals surface area contributed by atoms with Gasteiger partial charge in [-0.05, 0) is 48.7 Å². The quantitative estimate of drug-likeness (QED) is 0.632. The van der Waals surface area contributed by atoms with Crippen molar-refractivity contribution < 1.29 is 4.74 Å². The van der Waals surface area contributed by atoms with E-state index in [0.717, 1.165) is 22.8 Å². The Morgan fingerprint density at radius 2 is 1.75 bits per heavy atom. The highest BCUT2D eigenvalue weighted by molar-refractivity contribution is 6.30. The summed E-state index contributed by atoms with van der Waals surface area (Å²) in [4.78, 5) is 0. The molecule has 0 bridgehead atoms. The molecule has 0 aliphatic heterocycles. The van der Waals surface area contributed by atoms with E-state index < -0.39 is 0 Å². The SMILES string of the molecule is CCOc1ccc(C(Cc2ccc(Cl)cc2)NN)cc1. The molecule has 2 aromatic carbocycles. The number of nitrogens with two attached hydrogens (primary N) is 1. The molecule has 1 atom stereocenters. The summed E-state index contributed by atoms with van der Waals surface area (Å²) in [5.74, 6) is 6.55. The minimum absolute atomic E-state index is 0.0619. The standard InChI is InChI=1S/C16H19ClN2O/c1-2-20-15-9-5-13(6-10-15)16(19-18)11-12-3-7-14(17)8-4-12/h3-10,16,19H,2,11,18H2,1H3. The Bertz CT molecular complexity index is 525. The number of hydrogen-bond acceptors (Lipinski definition) is 3. The summed E-state index contributed by atoms with van der Waals surface area (Å²) in [5, 5.41) is 0.743. The van der Waals surface area contributed by atoms with Crippen molar-refractivity contribution >= 4 is 11.6 Å². The normalized spacial score (nSPS) is 12.2. The molecule has 3 N–H and O–H groups in total. The highest BCUT2D eigenvalue weighted by atomic mass is 35.5. The van der Waals surface area contributed by atoms with Crippen LogP contribution in [0.5, 0.6) is 5.75 Å². The maximum absolute atomic E-state index is 5.89. The van der Waals surface area contributed by atoms with Crippen molar-refractivity contribution in [3.8, 4) is 5.75 Å². The molecule has 0 saturated carbocycles. The van der Waals surface area contributed by atoms with Crippen molar-refractivity contribution in [2.75, 3.05) is 6.61 Å². The topological polar surface area (TPSA) is 47.3 Å². The molecule has 0 amide bonds. The van der Waals surface area contributed by atoms with Crippen molar-refractivity contribution in [2.24, 2.45) is 5.84 Å². The van der Waals surface area contributed by atoms with Crippen molar-refractivity contribution in [1.29, 1.82) is 0 Å². The van der Waals surface area contributed by atoms with Crippen LogP contribution in [0, 0.1) is 0 Å². The summed E-state index contributed by atoms with van der Waals surface area (Å²) < 4.78 is 5.44. The molecule has 0 radical (unpaired) electrons.